The molecule has 2 aromatic heterocycles. The van der Waals surface area contributed by atoms with Crippen LogP contribution >= 0.6 is 0 Å². The first-order valence-corrected chi connectivity index (χ1v) is 7.52. The van der Waals surface area contributed by atoms with E-state index in [9.17, 15) is 5.11 Å². The number of ether oxygens (including phenoxy) is 1. The van der Waals surface area contributed by atoms with Crippen LogP contribution in [0.1, 0.15) is 13.8 Å². The number of aromatic amines is 1. The van der Waals surface area contributed by atoms with E-state index >= 15 is 0 Å². The minimum Gasteiger partial charge on any atom is -0.390 e. The molecule has 120 valence electrons. The van der Waals surface area contributed by atoms with Gasteiger partial charge in [0.25, 0.3) is 0 Å². The maximum Gasteiger partial charge on any atom is 0.173 e. The van der Waals surface area contributed by atoms with Crippen LogP contribution < -0.4 is 5.49 Å². The fourth-order valence-corrected chi connectivity index (χ4v) is 3.08. The number of morpholine rings is 1. The summed E-state index contributed by atoms with van der Waals surface area (Å²) in [4.78, 5) is 13.3. The van der Waals surface area contributed by atoms with Crippen LogP contribution in [0, 0.1) is 5.41 Å². The van der Waals surface area contributed by atoms with Gasteiger partial charge in [0.05, 0.1) is 37.5 Å². The van der Waals surface area contributed by atoms with Crippen molar-refractivity contribution >= 4 is 11.2 Å². The van der Waals surface area contributed by atoms with Gasteiger partial charge in [-0.15, -0.1) is 0 Å². The lowest BCUT2D eigenvalue weighted by Crippen LogP contribution is -2.48. The van der Waals surface area contributed by atoms with E-state index in [4.69, 9.17) is 10.1 Å². The Morgan fingerprint density at radius 3 is 2.82 bits per heavy atom. The molecule has 3 atom stereocenters. The Balaban J connectivity index is 1.68. The molecule has 3 N–H and O–H groups in total. The van der Waals surface area contributed by atoms with Crippen molar-refractivity contribution in [1.29, 1.82) is 5.41 Å². The van der Waals surface area contributed by atoms with Gasteiger partial charge in [-0.3, -0.25) is 10.3 Å². The molecule has 0 radical (unpaired) electrons. The minimum atomic E-state index is -0.527. The zero-order valence-corrected chi connectivity index (χ0v) is 12.9. The molecule has 0 aliphatic carbocycles. The summed E-state index contributed by atoms with van der Waals surface area (Å²) < 4.78 is 7.48. The van der Waals surface area contributed by atoms with Crippen molar-refractivity contribution in [3.05, 3.63) is 18.1 Å². The number of nitrogens with zero attached hydrogens (tertiary/aromatic N) is 4. The molecule has 1 saturated heterocycles. The molecule has 0 aromatic carbocycles. The molecule has 1 aliphatic heterocycles. The topological polar surface area (TPSA) is 103 Å². The molecular weight excluding hydrogens is 284 g/mol. The molecule has 1 aliphatic rings. The minimum absolute atomic E-state index is 0.161. The van der Waals surface area contributed by atoms with Crippen LogP contribution in [-0.4, -0.2) is 67.5 Å². The summed E-state index contributed by atoms with van der Waals surface area (Å²) in [7, 11) is 0. The highest BCUT2D eigenvalue weighted by molar-refractivity contribution is 5.68. The van der Waals surface area contributed by atoms with Crippen molar-refractivity contribution in [2.75, 3.05) is 19.6 Å². The molecule has 3 rings (SSSR count). The van der Waals surface area contributed by atoms with Crippen molar-refractivity contribution in [2.24, 2.45) is 0 Å². The summed E-state index contributed by atoms with van der Waals surface area (Å²) in [6.07, 6.45) is 2.94. The summed E-state index contributed by atoms with van der Waals surface area (Å²) in [6.45, 7) is 6.73. The monoisotopic (exact) mass is 306 g/mol. The normalized spacial score (nSPS) is 24.7. The molecule has 8 heteroatoms. The number of aliphatic hydroxyl groups is 1. The lowest BCUT2D eigenvalue weighted by molar-refractivity contribution is -0.0772. The quantitative estimate of drug-likeness (QED) is 0.720. The molecule has 1 fully saturated rings. The van der Waals surface area contributed by atoms with E-state index in [2.05, 4.69) is 19.9 Å². The van der Waals surface area contributed by atoms with Gasteiger partial charge < -0.3 is 19.4 Å². The van der Waals surface area contributed by atoms with Crippen LogP contribution in [-0.2, 0) is 11.3 Å². The Bertz CT molecular complexity index is 686. The molecule has 0 saturated carbocycles. The summed E-state index contributed by atoms with van der Waals surface area (Å²) >= 11 is 0. The Morgan fingerprint density at radius 1 is 1.36 bits per heavy atom. The van der Waals surface area contributed by atoms with E-state index in [1.807, 2.05) is 13.8 Å². The van der Waals surface area contributed by atoms with Crippen LogP contribution in [0.4, 0.5) is 0 Å². The van der Waals surface area contributed by atoms with E-state index in [0.29, 0.717) is 24.3 Å². The van der Waals surface area contributed by atoms with Gasteiger partial charge in [0, 0.05) is 19.6 Å². The van der Waals surface area contributed by atoms with Crippen molar-refractivity contribution in [1.82, 2.24) is 24.4 Å². The van der Waals surface area contributed by atoms with Crippen LogP contribution in [0.2, 0.25) is 0 Å². The Kier molecular flexibility index (Phi) is 4.23. The molecule has 2 aromatic rings. The summed E-state index contributed by atoms with van der Waals surface area (Å²) in [5.41, 5.74) is 1.39. The molecule has 0 bridgehead atoms. The molecular formula is C14H22N6O2. The maximum absolute atomic E-state index is 10.4. The lowest BCUT2D eigenvalue weighted by Gasteiger charge is -2.36. The van der Waals surface area contributed by atoms with Gasteiger partial charge in [0.2, 0.25) is 0 Å². The largest absolute Gasteiger partial charge is 0.390 e. The van der Waals surface area contributed by atoms with E-state index in [0.717, 1.165) is 13.1 Å². The highest BCUT2D eigenvalue weighted by Crippen LogP contribution is 2.12. The molecule has 0 amide bonds. The molecule has 1 unspecified atom stereocenters. The number of imidazole rings is 1. The highest BCUT2D eigenvalue weighted by Gasteiger charge is 2.24. The van der Waals surface area contributed by atoms with Gasteiger partial charge in [-0.25, -0.2) is 9.97 Å². The fraction of sp³-hybridized carbons (Fsp3) is 0.643. The van der Waals surface area contributed by atoms with E-state index in [-0.39, 0.29) is 17.7 Å². The van der Waals surface area contributed by atoms with E-state index in [1.165, 1.54) is 0 Å². The number of H-pyrrole nitrogens is 1. The lowest BCUT2D eigenvalue weighted by atomic mass is 10.2. The Morgan fingerprint density at radius 2 is 2.09 bits per heavy atom. The number of aromatic nitrogens is 4. The maximum atomic E-state index is 10.4. The Hall–Kier alpha value is -1.77. The first kappa shape index (κ1) is 15.1. The zero-order chi connectivity index (χ0) is 15.7. The summed E-state index contributed by atoms with van der Waals surface area (Å²) in [6, 6.07) is 0. The van der Waals surface area contributed by atoms with E-state index < -0.39 is 6.10 Å². The second kappa shape index (κ2) is 6.15. The van der Waals surface area contributed by atoms with Crippen molar-refractivity contribution in [3.63, 3.8) is 0 Å². The average Bonchev–Trinajstić information content (AvgIpc) is 2.91. The third-order valence-electron chi connectivity index (χ3n) is 3.83. The van der Waals surface area contributed by atoms with Gasteiger partial charge in [-0.1, -0.05) is 0 Å². The average molecular weight is 306 g/mol. The SMILES string of the molecule is C[C@@H]1CN(CC(O)Cn2cnc(=N)c3[nH]cnc32)C[C@@H](C)O1. The van der Waals surface area contributed by atoms with Gasteiger partial charge >= 0.3 is 0 Å². The summed E-state index contributed by atoms with van der Waals surface area (Å²) in [5.74, 6) is 0. The van der Waals surface area contributed by atoms with Crippen LogP contribution in [0.5, 0.6) is 0 Å². The number of aliphatic hydroxyl groups excluding tert-OH is 1. The third kappa shape index (κ3) is 3.18. The summed E-state index contributed by atoms with van der Waals surface area (Å²) in [5, 5.41) is 18.1. The molecule has 3 heterocycles. The number of fused-ring (bicyclic) bond motifs is 1. The number of nitrogens with one attached hydrogen (secondary N) is 2. The first-order chi connectivity index (χ1) is 10.5. The number of hydrogen-bond donors (Lipinski definition) is 3. The molecule has 0 spiro atoms. The van der Waals surface area contributed by atoms with Gasteiger partial charge in [-0.05, 0) is 13.8 Å². The second-order valence-corrected chi connectivity index (χ2v) is 5.98. The van der Waals surface area contributed by atoms with Crippen LogP contribution in [0.15, 0.2) is 12.7 Å². The van der Waals surface area contributed by atoms with Crippen molar-refractivity contribution < 1.29 is 9.84 Å². The van der Waals surface area contributed by atoms with E-state index in [1.54, 1.807) is 17.2 Å². The fourth-order valence-electron chi connectivity index (χ4n) is 3.08. The van der Waals surface area contributed by atoms with Gasteiger partial charge in [0.15, 0.2) is 11.1 Å². The molecule has 8 nitrogen and oxygen atoms in total. The predicted octanol–water partition coefficient (Wildman–Crippen LogP) is -0.291. The van der Waals surface area contributed by atoms with Crippen molar-refractivity contribution in [2.45, 2.75) is 38.7 Å². The third-order valence-corrected chi connectivity index (χ3v) is 3.83. The van der Waals surface area contributed by atoms with Crippen molar-refractivity contribution in [3.8, 4) is 0 Å². The van der Waals surface area contributed by atoms with Gasteiger partial charge in [0.1, 0.15) is 5.52 Å². The van der Waals surface area contributed by atoms with Gasteiger partial charge in [-0.2, -0.15) is 0 Å². The standard InChI is InChI=1S/C14H22N6O2/c1-9-3-19(4-10(2)22-9)5-11(21)6-20-8-18-13(15)12-14(20)17-7-16-12/h7-11,15,21H,3-6H2,1-2H3,(H,16,17)/t9-,10-,11?/m1/s1. The first-order valence-electron chi connectivity index (χ1n) is 7.52. The number of rotatable bonds is 4. The number of β-amino-alcohol motifs (C(OH)–C–C–N with tert-alkyl or cyclic N) is 1. The highest BCUT2D eigenvalue weighted by atomic mass is 16.5. The van der Waals surface area contributed by atoms with Crippen LogP contribution in [0.25, 0.3) is 11.2 Å². The second-order valence-electron chi connectivity index (χ2n) is 5.98. The predicted molar refractivity (Wildman–Crippen MR) is 80.2 cm³/mol. The van der Waals surface area contributed by atoms with Crippen LogP contribution in [0.3, 0.4) is 0 Å². The Labute approximate surface area is 128 Å². The molecule has 22 heavy (non-hydrogen) atoms. The smallest absolute Gasteiger partial charge is 0.173 e. The zero-order valence-electron chi connectivity index (χ0n) is 12.9. The number of hydrogen-bond acceptors (Lipinski definition) is 6.